The zero-order valence-electron chi connectivity index (χ0n) is 19.3. The fourth-order valence-electron chi connectivity index (χ4n) is 5.91. The van der Waals surface area contributed by atoms with Crippen LogP contribution in [0.3, 0.4) is 0 Å². The fraction of sp³-hybridized carbons (Fsp3) is 0.250. The van der Waals surface area contributed by atoms with E-state index in [2.05, 4.69) is 10.6 Å². The van der Waals surface area contributed by atoms with Gasteiger partial charge in [-0.1, -0.05) is 47.5 Å². The topological polar surface area (TPSA) is 78.5 Å². The van der Waals surface area contributed by atoms with Gasteiger partial charge in [0.1, 0.15) is 6.04 Å². The Bertz CT molecular complexity index is 1410. The van der Waals surface area contributed by atoms with Crippen molar-refractivity contribution in [3.8, 4) is 0 Å². The normalized spacial score (nSPS) is 24.9. The maximum Gasteiger partial charge on any atom is 0.255 e. The average Bonchev–Trinajstić information content (AvgIpc) is 3.37. The lowest BCUT2D eigenvalue weighted by molar-refractivity contribution is -0.124. The Morgan fingerprint density at radius 1 is 0.824 bits per heavy atom. The Kier molecular flexibility index (Phi) is 4.27. The van der Waals surface area contributed by atoms with Crippen molar-refractivity contribution in [1.29, 1.82) is 0 Å². The molecule has 6 nitrogen and oxygen atoms in total. The van der Waals surface area contributed by atoms with E-state index in [0.29, 0.717) is 5.69 Å². The number of aryl methyl sites for hydroxylation is 3. The number of fused-ring (bicyclic) bond motifs is 3. The molecule has 2 amide bonds. The highest BCUT2D eigenvalue weighted by molar-refractivity contribution is 6.17. The first kappa shape index (κ1) is 20.7. The molecular formula is C28H25N3O3. The molecule has 1 saturated heterocycles. The van der Waals surface area contributed by atoms with Gasteiger partial charge in [-0.15, -0.1) is 0 Å². The fourth-order valence-corrected chi connectivity index (χ4v) is 5.91. The molecule has 1 fully saturated rings. The van der Waals surface area contributed by atoms with Crippen LogP contribution in [0.25, 0.3) is 0 Å². The summed E-state index contributed by atoms with van der Waals surface area (Å²) in [6, 6.07) is 18.6. The summed E-state index contributed by atoms with van der Waals surface area (Å²) in [7, 11) is 0. The van der Waals surface area contributed by atoms with Gasteiger partial charge in [0.25, 0.3) is 5.91 Å². The molecule has 0 aromatic heterocycles. The lowest BCUT2D eigenvalue weighted by Crippen LogP contribution is -2.52. The van der Waals surface area contributed by atoms with E-state index in [4.69, 9.17) is 0 Å². The van der Waals surface area contributed by atoms with E-state index in [0.717, 1.165) is 39.2 Å². The summed E-state index contributed by atoms with van der Waals surface area (Å²) in [5.74, 6) is -1.26. The minimum atomic E-state index is -1.20. The van der Waals surface area contributed by atoms with Crippen LogP contribution in [-0.4, -0.2) is 23.6 Å². The number of anilines is 3. The molecule has 1 spiro atoms. The number of Topliss-reactive ketones (excluding diaryl/α,β-unsaturated/α-hetero) is 1. The minimum Gasteiger partial charge on any atom is -0.342 e. The Hall–Kier alpha value is -3.93. The smallest absolute Gasteiger partial charge is 0.255 e. The van der Waals surface area contributed by atoms with Crippen LogP contribution in [0, 0.1) is 20.8 Å². The number of rotatable bonds is 2. The molecule has 0 aliphatic carbocycles. The Morgan fingerprint density at radius 2 is 1.53 bits per heavy atom. The second-order valence-electron chi connectivity index (χ2n) is 9.72. The molecule has 3 aliphatic rings. The van der Waals surface area contributed by atoms with Crippen LogP contribution < -0.4 is 15.5 Å². The number of hydrogen-bond donors (Lipinski definition) is 2. The maximum atomic E-state index is 13.9. The largest absolute Gasteiger partial charge is 0.342 e. The molecule has 6 rings (SSSR count). The third kappa shape index (κ3) is 2.71. The molecular weight excluding hydrogens is 426 g/mol. The Balaban J connectivity index is 1.61. The number of carbonyl (C=O) groups is 3. The summed E-state index contributed by atoms with van der Waals surface area (Å²) < 4.78 is 0. The molecule has 3 aromatic rings. The van der Waals surface area contributed by atoms with Crippen molar-refractivity contribution < 1.29 is 14.4 Å². The third-order valence-corrected chi connectivity index (χ3v) is 7.37. The van der Waals surface area contributed by atoms with Crippen molar-refractivity contribution in [3.05, 3.63) is 88.5 Å². The molecule has 34 heavy (non-hydrogen) atoms. The average molecular weight is 452 g/mol. The summed E-state index contributed by atoms with van der Waals surface area (Å²) in [6.07, 6.45) is 0.0127. The van der Waals surface area contributed by atoms with Crippen LogP contribution in [0.1, 0.15) is 40.2 Å². The Morgan fingerprint density at radius 3 is 2.29 bits per heavy atom. The SMILES string of the molecule is Cc1cccc(N2C(C3C(=O)Nc4ccc(C)cc43)C(=O)CC23C(=O)Nc2ccc(C)cc23)c1. The lowest BCUT2D eigenvalue weighted by Gasteiger charge is -2.39. The molecule has 0 saturated carbocycles. The number of amides is 2. The van der Waals surface area contributed by atoms with E-state index < -0.39 is 17.5 Å². The summed E-state index contributed by atoms with van der Waals surface area (Å²) in [5, 5.41) is 5.97. The van der Waals surface area contributed by atoms with Crippen LogP contribution in [0.15, 0.2) is 60.7 Å². The zero-order chi connectivity index (χ0) is 23.8. The van der Waals surface area contributed by atoms with Gasteiger partial charge in [-0.3, -0.25) is 14.4 Å². The molecule has 3 unspecified atom stereocenters. The summed E-state index contributed by atoms with van der Waals surface area (Å²) >= 11 is 0. The van der Waals surface area contributed by atoms with Gasteiger partial charge in [-0.2, -0.15) is 0 Å². The number of nitrogens with zero attached hydrogens (tertiary/aromatic N) is 1. The van der Waals surface area contributed by atoms with Crippen LogP contribution in [0.4, 0.5) is 17.1 Å². The number of nitrogens with one attached hydrogen (secondary N) is 2. The predicted octanol–water partition coefficient (Wildman–Crippen LogP) is 4.34. The number of carbonyl (C=O) groups excluding carboxylic acids is 3. The molecule has 2 N–H and O–H groups in total. The highest BCUT2D eigenvalue weighted by Gasteiger charge is 2.63. The highest BCUT2D eigenvalue weighted by atomic mass is 16.2. The van der Waals surface area contributed by atoms with E-state index >= 15 is 0 Å². The van der Waals surface area contributed by atoms with Gasteiger partial charge in [0.2, 0.25) is 5.91 Å². The van der Waals surface area contributed by atoms with Crippen LogP contribution in [-0.2, 0) is 19.9 Å². The second kappa shape index (κ2) is 7.03. The van der Waals surface area contributed by atoms with E-state index in [1.54, 1.807) is 0 Å². The third-order valence-electron chi connectivity index (χ3n) is 7.37. The van der Waals surface area contributed by atoms with Crippen molar-refractivity contribution in [2.75, 3.05) is 15.5 Å². The van der Waals surface area contributed by atoms with E-state index in [1.807, 2.05) is 86.3 Å². The first-order valence-electron chi connectivity index (χ1n) is 11.5. The molecule has 6 heteroatoms. The number of benzene rings is 3. The Labute approximate surface area is 198 Å². The van der Waals surface area contributed by atoms with Crippen LogP contribution in [0.5, 0.6) is 0 Å². The van der Waals surface area contributed by atoms with Crippen molar-refractivity contribution in [2.45, 2.75) is 44.7 Å². The molecule has 3 aliphatic heterocycles. The van der Waals surface area contributed by atoms with Gasteiger partial charge in [-0.25, -0.2) is 0 Å². The van der Waals surface area contributed by atoms with Crippen molar-refractivity contribution >= 4 is 34.7 Å². The summed E-state index contributed by atoms with van der Waals surface area (Å²) in [5.41, 5.74) is 5.63. The summed E-state index contributed by atoms with van der Waals surface area (Å²) in [6.45, 7) is 5.93. The molecule has 0 radical (unpaired) electrons. The molecule has 3 heterocycles. The first-order valence-corrected chi connectivity index (χ1v) is 11.5. The molecule has 0 bridgehead atoms. The molecule has 3 aromatic carbocycles. The van der Waals surface area contributed by atoms with Crippen molar-refractivity contribution in [3.63, 3.8) is 0 Å². The van der Waals surface area contributed by atoms with Gasteiger partial charge in [-0.05, 0) is 56.2 Å². The standard InChI is InChI=1S/C28H25N3O3/c1-15-5-4-6-18(11-15)31-25(24-19-12-16(2)7-9-21(19)29-26(24)33)23(32)14-28(31)20-13-17(3)8-10-22(20)30-27(28)34/h4-13,24-25H,14H2,1-3H3,(H,29,33)(H,30,34). The predicted molar refractivity (Wildman–Crippen MR) is 131 cm³/mol. The minimum absolute atomic E-state index is 0.0127. The monoisotopic (exact) mass is 451 g/mol. The maximum absolute atomic E-state index is 13.9. The van der Waals surface area contributed by atoms with Crippen molar-refractivity contribution in [2.24, 2.45) is 0 Å². The van der Waals surface area contributed by atoms with E-state index in [1.165, 1.54) is 0 Å². The van der Waals surface area contributed by atoms with Gasteiger partial charge >= 0.3 is 0 Å². The number of ketones is 1. The van der Waals surface area contributed by atoms with Crippen LogP contribution in [0.2, 0.25) is 0 Å². The van der Waals surface area contributed by atoms with E-state index in [9.17, 15) is 14.4 Å². The van der Waals surface area contributed by atoms with E-state index in [-0.39, 0.29) is 24.0 Å². The quantitative estimate of drug-likeness (QED) is 0.608. The zero-order valence-corrected chi connectivity index (χ0v) is 19.3. The van der Waals surface area contributed by atoms with Gasteiger partial charge in [0.15, 0.2) is 11.3 Å². The van der Waals surface area contributed by atoms with Gasteiger partial charge in [0, 0.05) is 29.0 Å². The van der Waals surface area contributed by atoms with Gasteiger partial charge < -0.3 is 15.5 Å². The highest BCUT2D eigenvalue weighted by Crippen LogP contribution is 2.54. The van der Waals surface area contributed by atoms with Crippen molar-refractivity contribution in [1.82, 2.24) is 0 Å². The van der Waals surface area contributed by atoms with Gasteiger partial charge in [0.05, 0.1) is 5.92 Å². The molecule has 3 atom stereocenters. The second-order valence-corrected chi connectivity index (χ2v) is 9.72. The summed E-state index contributed by atoms with van der Waals surface area (Å²) in [4.78, 5) is 42.8. The lowest BCUT2D eigenvalue weighted by atomic mass is 9.87. The molecule has 170 valence electrons. The first-order chi connectivity index (χ1) is 16.3. The number of hydrogen-bond acceptors (Lipinski definition) is 4. The van der Waals surface area contributed by atoms with Crippen LogP contribution >= 0.6 is 0 Å².